The molecule has 0 fully saturated rings. The molecule has 0 bridgehead atoms. The Bertz CT molecular complexity index is 954. The van der Waals surface area contributed by atoms with E-state index in [2.05, 4.69) is 26.3 Å². The van der Waals surface area contributed by atoms with Gasteiger partial charge in [-0.25, -0.2) is 4.68 Å². The third-order valence-corrected chi connectivity index (χ3v) is 4.25. The molecule has 25 heavy (non-hydrogen) atoms. The second-order valence-corrected chi connectivity index (χ2v) is 6.46. The zero-order valence-corrected chi connectivity index (χ0v) is 15.3. The van der Waals surface area contributed by atoms with E-state index in [4.69, 9.17) is 16.0 Å². The Kier molecular flexibility index (Phi) is 5.35. The van der Waals surface area contributed by atoms with Crippen molar-refractivity contribution in [1.29, 1.82) is 0 Å². The Morgan fingerprint density at radius 2 is 2.12 bits per heavy atom. The average molecular weight is 423 g/mol. The van der Waals surface area contributed by atoms with Crippen LogP contribution in [-0.2, 0) is 6.54 Å². The van der Waals surface area contributed by atoms with Crippen LogP contribution in [0.1, 0.15) is 10.4 Å². The lowest BCUT2D eigenvalue weighted by Crippen LogP contribution is -2.32. The number of aromatic nitrogens is 2. The third kappa shape index (κ3) is 4.18. The van der Waals surface area contributed by atoms with Gasteiger partial charge in [0.1, 0.15) is 5.69 Å². The van der Waals surface area contributed by atoms with Gasteiger partial charge in [0.25, 0.3) is 11.5 Å². The van der Waals surface area contributed by atoms with E-state index in [0.717, 1.165) is 4.47 Å². The highest BCUT2D eigenvalue weighted by molar-refractivity contribution is 9.10. The highest BCUT2D eigenvalue weighted by Crippen LogP contribution is 2.20. The summed E-state index contributed by atoms with van der Waals surface area (Å²) in [7, 11) is 0. The maximum atomic E-state index is 12.2. The minimum atomic E-state index is -0.318. The van der Waals surface area contributed by atoms with Crippen LogP contribution in [0, 0.1) is 0 Å². The number of hydrogen-bond donors (Lipinski definition) is 1. The third-order valence-electron chi connectivity index (χ3n) is 3.42. The fourth-order valence-corrected chi connectivity index (χ4v) is 2.77. The number of halogens is 2. The Hall–Kier alpha value is -2.38. The number of benzene rings is 1. The second kappa shape index (κ2) is 7.67. The molecule has 2 heterocycles. The summed E-state index contributed by atoms with van der Waals surface area (Å²) < 4.78 is 7.31. The number of hydrogen-bond acceptors (Lipinski definition) is 4. The van der Waals surface area contributed by atoms with E-state index in [-0.39, 0.29) is 24.6 Å². The van der Waals surface area contributed by atoms with Crippen molar-refractivity contribution >= 4 is 33.4 Å². The van der Waals surface area contributed by atoms with E-state index in [1.807, 2.05) is 0 Å². The standard InChI is InChI=1S/C17H13BrClN3O3/c18-11-3-4-13(19)12(10-11)17(24)20-7-8-22-16(23)6-5-14(21-22)15-2-1-9-25-15/h1-6,9-10H,7-8H2,(H,20,24). The van der Waals surface area contributed by atoms with Gasteiger partial charge in [-0.05, 0) is 36.4 Å². The van der Waals surface area contributed by atoms with Crippen LogP contribution in [-0.4, -0.2) is 22.2 Å². The molecular formula is C17H13BrClN3O3. The van der Waals surface area contributed by atoms with Crippen molar-refractivity contribution in [2.45, 2.75) is 6.54 Å². The molecule has 2 aromatic heterocycles. The molecular weight excluding hydrogens is 410 g/mol. The number of amides is 1. The van der Waals surface area contributed by atoms with Gasteiger partial charge in [0.2, 0.25) is 0 Å². The summed E-state index contributed by atoms with van der Waals surface area (Å²) in [5.74, 6) is 0.250. The van der Waals surface area contributed by atoms with Crippen LogP contribution in [0.3, 0.4) is 0 Å². The molecule has 1 aromatic carbocycles. The van der Waals surface area contributed by atoms with Gasteiger partial charge >= 0.3 is 0 Å². The molecule has 0 atom stereocenters. The van der Waals surface area contributed by atoms with E-state index in [1.54, 1.807) is 36.4 Å². The van der Waals surface area contributed by atoms with Gasteiger partial charge in [-0.1, -0.05) is 27.5 Å². The maximum Gasteiger partial charge on any atom is 0.266 e. The van der Waals surface area contributed by atoms with Crippen molar-refractivity contribution in [2.24, 2.45) is 0 Å². The van der Waals surface area contributed by atoms with Crippen molar-refractivity contribution < 1.29 is 9.21 Å². The molecule has 1 N–H and O–H groups in total. The van der Waals surface area contributed by atoms with Gasteiger partial charge in [0.05, 0.1) is 23.4 Å². The van der Waals surface area contributed by atoms with Gasteiger partial charge in [0, 0.05) is 17.1 Å². The maximum absolute atomic E-state index is 12.2. The monoisotopic (exact) mass is 421 g/mol. The van der Waals surface area contributed by atoms with Crippen LogP contribution in [0.5, 0.6) is 0 Å². The normalized spacial score (nSPS) is 10.6. The lowest BCUT2D eigenvalue weighted by Gasteiger charge is -2.09. The zero-order valence-electron chi connectivity index (χ0n) is 12.9. The molecule has 0 spiro atoms. The van der Waals surface area contributed by atoms with Crippen LogP contribution in [0.25, 0.3) is 11.5 Å². The topological polar surface area (TPSA) is 77.1 Å². The fourth-order valence-electron chi connectivity index (χ4n) is 2.21. The molecule has 3 rings (SSSR count). The van der Waals surface area contributed by atoms with Crippen molar-refractivity contribution in [2.75, 3.05) is 6.54 Å². The van der Waals surface area contributed by atoms with E-state index < -0.39 is 0 Å². The predicted octanol–water partition coefficient (Wildman–Crippen LogP) is 3.35. The number of nitrogens with one attached hydrogen (secondary N) is 1. The van der Waals surface area contributed by atoms with Gasteiger partial charge in [0.15, 0.2) is 5.76 Å². The molecule has 128 valence electrons. The van der Waals surface area contributed by atoms with E-state index in [1.165, 1.54) is 17.0 Å². The largest absolute Gasteiger partial charge is 0.463 e. The summed E-state index contributed by atoms with van der Waals surface area (Å²) in [6.45, 7) is 0.459. The molecule has 0 aliphatic heterocycles. The molecule has 8 heteroatoms. The van der Waals surface area contributed by atoms with Crippen molar-refractivity contribution in [3.05, 3.63) is 74.1 Å². The first kappa shape index (κ1) is 17.4. The summed E-state index contributed by atoms with van der Waals surface area (Å²) in [6.07, 6.45) is 1.54. The molecule has 0 unspecified atom stereocenters. The number of carbonyl (C=O) groups is 1. The van der Waals surface area contributed by atoms with Crippen LogP contribution >= 0.6 is 27.5 Å². The summed E-state index contributed by atoms with van der Waals surface area (Å²) >= 11 is 9.33. The quantitative estimate of drug-likeness (QED) is 0.684. The minimum Gasteiger partial charge on any atom is -0.463 e. The molecule has 0 saturated carbocycles. The van der Waals surface area contributed by atoms with Gasteiger partial charge in [-0.15, -0.1) is 0 Å². The second-order valence-electron chi connectivity index (χ2n) is 5.14. The molecule has 0 saturated heterocycles. The molecule has 1 amide bonds. The lowest BCUT2D eigenvalue weighted by molar-refractivity contribution is 0.0952. The molecule has 3 aromatic rings. The minimum absolute atomic E-state index is 0.227. The Labute approximate surface area is 156 Å². The van der Waals surface area contributed by atoms with Crippen molar-refractivity contribution in [1.82, 2.24) is 15.1 Å². The van der Waals surface area contributed by atoms with Gasteiger partial charge < -0.3 is 9.73 Å². The molecule has 0 radical (unpaired) electrons. The van der Waals surface area contributed by atoms with Crippen LogP contribution < -0.4 is 10.9 Å². The summed E-state index contributed by atoms with van der Waals surface area (Å²) in [4.78, 5) is 24.1. The first-order valence-corrected chi connectivity index (χ1v) is 8.57. The van der Waals surface area contributed by atoms with E-state index in [9.17, 15) is 9.59 Å². The highest BCUT2D eigenvalue weighted by atomic mass is 79.9. The van der Waals surface area contributed by atoms with Crippen LogP contribution in [0.15, 0.2) is 62.4 Å². The summed E-state index contributed by atoms with van der Waals surface area (Å²) in [6, 6.07) is 11.5. The van der Waals surface area contributed by atoms with Gasteiger partial charge in [-0.3, -0.25) is 9.59 Å². The van der Waals surface area contributed by atoms with E-state index in [0.29, 0.717) is 22.0 Å². The Morgan fingerprint density at radius 1 is 1.28 bits per heavy atom. The zero-order chi connectivity index (χ0) is 17.8. The predicted molar refractivity (Wildman–Crippen MR) is 97.7 cm³/mol. The van der Waals surface area contributed by atoms with E-state index >= 15 is 0 Å². The summed E-state index contributed by atoms with van der Waals surface area (Å²) in [5, 5.41) is 7.33. The smallest absolute Gasteiger partial charge is 0.266 e. The molecule has 0 aliphatic rings. The number of rotatable bonds is 5. The van der Waals surface area contributed by atoms with Crippen molar-refractivity contribution in [3.8, 4) is 11.5 Å². The molecule has 0 aliphatic carbocycles. The number of nitrogens with zero attached hydrogens (tertiary/aromatic N) is 2. The Balaban J connectivity index is 1.68. The fraction of sp³-hybridized carbons (Fsp3) is 0.118. The Morgan fingerprint density at radius 3 is 2.88 bits per heavy atom. The first-order valence-electron chi connectivity index (χ1n) is 7.40. The number of furan rings is 1. The van der Waals surface area contributed by atoms with Gasteiger partial charge in [-0.2, -0.15) is 5.10 Å². The lowest BCUT2D eigenvalue weighted by atomic mass is 10.2. The average Bonchev–Trinajstić information content (AvgIpc) is 3.13. The van der Waals surface area contributed by atoms with Crippen LogP contribution in [0.2, 0.25) is 5.02 Å². The molecule has 6 nitrogen and oxygen atoms in total. The van der Waals surface area contributed by atoms with Crippen LogP contribution in [0.4, 0.5) is 0 Å². The SMILES string of the molecule is O=C(NCCn1nc(-c2ccco2)ccc1=O)c1cc(Br)ccc1Cl. The highest BCUT2D eigenvalue weighted by Gasteiger charge is 2.11. The number of carbonyl (C=O) groups excluding carboxylic acids is 1. The first-order chi connectivity index (χ1) is 12.0. The van der Waals surface area contributed by atoms with Crippen molar-refractivity contribution in [3.63, 3.8) is 0 Å². The summed E-state index contributed by atoms with van der Waals surface area (Å²) in [5.41, 5.74) is 0.650.